The summed E-state index contributed by atoms with van der Waals surface area (Å²) < 4.78 is 57.9. The SMILES string of the molecule is [2H]C(C)(C)c1cc(-c2[c-]cccc2)ncc1[Si](C)(C)C.[2H]c1nc(-c2[c-]ccc3c2oc2cc4c(ccc5ccccc54)cc23)c([2H])c(C([2H])([2H])C(C)(C)C)c1[2H].[Ir]. The zero-order chi connectivity index (χ0) is 41.2. The molecule has 5 heteroatoms. The van der Waals surface area contributed by atoms with Crippen molar-refractivity contribution < 1.29 is 32.7 Å². The van der Waals surface area contributed by atoms with E-state index in [1.165, 1.54) is 5.19 Å². The van der Waals surface area contributed by atoms with Gasteiger partial charge in [-0.2, -0.15) is 0 Å². The molecule has 52 heavy (non-hydrogen) atoms. The van der Waals surface area contributed by atoms with Gasteiger partial charge in [0.15, 0.2) is 0 Å². The molecule has 3 heterocycles. The maximum Gasteiger partial charge on any atom is 0.121 e. The summed E-state index contributed by atoms with van der Waals surface area (Å²) in [7, 11) is -1.50. The Labute approximate surface area is 331 Å². The van der Waals surface area contributed by atoms with E-state index in [2.05, 4.69) is 78.1 Å². The number of benzene rings is 5. The molecule has 0 aliphatic heterocycles. The third-order valence-electron chi connectivity index (χ3n) is 8.86. The fourth-order valence-corrected chi connectivity index (χ4v) is 8.04. The molecule has 8 aromatic rings. The van der Waals surface area contributed by atoms with Gasteiger partial charge in [-0.1, -0.05) is 125 Å². The number of aromatic nitrogens is 2. The van der Waals surface area contributed by atoms with Crippen LogP contribution in [0.15, 0.2) is 120 Å². The normalized spacial score (nSPS) is 14.1. The summed E-state index contributed by atoms with van der Waals surface area (Å²) in [5, 5.41) is 7.43. The molecule has 0 spiro atoms. The van der Waals surface area contributed by atoms with Gasteiger partial charge in [0.25, 0.3) is 0 Å². The molecule has 0 N–H and O–H groups in total. The van der Waals surface area contributed by atoms with Crippen LogP contribution in [0.5, 0.6) is 0 Å². The minimum atomic E-state index is -2.03. The fourth-order valence-electron chi connectivity index (χ4n) is 6.46. The molecule has 265 valence electrons. The number of hydrogen-bond donors (Lipinski definition) is 0. The number of furan rings is 1. The number of nitrogens with zero attached hydrogens (tertiary/aromatic N) is 2. The van der Waals surface area contributed by atoms with Crippen molar-refractivity contribution in [3.63, 3.8) is 0 Å². The predicted octanol–water partition coefficient (Wildman–Crippen LogP) is 12.6. The van der Waals surface area contributed by atoms with Gasteiger partial charge >= 0.3 is 0 Å². The van der Waals surface area contributed by atoms with Gasteiger partial charge in [-0.3, -0.25) is 0 Å². The molecule has 0 atom stereocenters. The van der Waals surface area contributed by atoms with Crippen molar-refractivity contribution in [3.8, 4) is 22.5 Å². The second-order valence-corrected chi connectivity index (χ2v) is 20.3. The first-order valence-electron chi connectivity index (χ1n) is 20.3. The van der Waals surface area contributed by atoms with Crippen LogP contribution in [0.3, 0.4) is 0 Å². The van der Waals surface area contributed by atoms with Gasteiger partial charge < -0.3 is 14.4 Å². The van der Waals surface area contributed by atoms with Crippen molar-refractivity contribution in [1.29, 1.82) is 0 Å². The van der Waals surface area contributed by atoms with Gasteiger partial charge in [0.05, 0.1) is 17.8 Å². The van der Waals surface area contributed by atoms with E-state index in [0.717, 1.165) is 49.1 Å². The number of rotatable bonds is 5. The molecular formula is C47H46IrN2OSi-2. The standard InChI is InChI=1S/C30H24NO.C17H22NSi.Ir/c1-30(2,3)18-19-13-14-31-27(15-19)24-10-6-9-23-26-16-21-12-11-20-7-4-5-8-22(20)25(21)17-28(26)32-29(23)24;1-13(2)15-11-16(14-9-7-6-8-10-14)18-12-17(15)19(3,4)5;/h4-9,11-17H,18H2,1-3H3;6-9,11-13H,1-5H3;/q2*-1;/i13D,14D,15D,18D2;13D;. The second-order valence-electron chi connectivity index (χ2n) is 15.3. The van der Waals surface area contributed by atoms with Crippen LogP contribution in [0.4, 0.5) is 0 Å². The smallest absolute Gasteiger partial charge is 0.121 e. The van der Waals surface area contributed by atoms with Crippen LogP contribution in [0.2, 0.25) is 19.6 Å². The minimum Gasteiger partial charge on any atom is -0.501 e. The third kappa shape index (κ3) is 7.83. The quantitative estimate of drug-likeness (QED) is 0.0982. The van der Waals surface area contributed by atoms with Crippen molar-refractivity contribution in [2.24, 2.45) is 5.41 Å². The molecular weight excluding hydrogens is 829 g/mol. The zero-order valence-corrected chi connectivity index (χ0v) is 34.3. The van der Waals surface area contributed by atoms with E-state index in [4.69, 9.17) is 12.6 Å². The first kappa shape index (κ1) is 30.1. The van der Waals surface area contributed by atoms with Crippen molar-refractivity contribution in [3.05, 3.63) is 139 Å². The molecule has 3 aromatic heterocycles. The van der Waals surface area contributed by atoms with Gasteiger partial charge in [0.1, 0.15) is 5.58 Å². The summed E-state index contributed by atoms with van der Waals surface area (Å²) in [6, 6.07) is 35.8. The number of pyridine rings is 2. The average molecular weight is 881 g/mol. The summed E-state index contributed by atoms with van der Waals surface area (Å²) in [5.74, 6) is -0.609. The van der Waals surface area contributed by atoms with Gasteiger partial charge in [-0.05, 0) is 74.0 Å². The average Bonchev–Trinajstić information content (AvgIpc) is 3.52. The number of hydrogen-bond acceptors (Lipinski definition) is 3. The summed E-state index contributed by atoms with van der Waals surface area (Å²) in [6.07, 6.45) is -0.434. The van der Waals surface area contributed by atoms with Crippen LogP contribution in [0.25, 0.3) is 66.0 Å². The Morgan fingerprint density at radius 2 is 1.60 bits per heavy atom. The molecule has 5 aromatic carbocycles. The van der Waals surface area contributed by atoms with Crippen molar-refractivity contribution in [2.75, 3.05) is 0 Å². The van der Waals surface area contributed by atoms with Crippen LogP contribution >= 0.6 is 0 Å². The molecule has 0 saturated carbocycles. The third-order valence-corrected chi connectivity index (χ3v) is 10.9. The molecule has 0 aliphatic rings. The maximum absolute atomic E-state index is 8.91. The second kappa shape index (κ2) is 14.9. The molecule has 0 fully saturated rings. The summed E-state index contributed by atoms with van der Waals surface area (Å²) in [6.45, 7) is 16.0. The van der Waals surface area contributed by atoms with E-state index in [9.17, 15) is 0 Å². The van der Waals surface area contributed by atoms with E-state index in [0.29, 0.717) is 16.7 Å². The molecule has 1 radical (unpaired) electrons. The summed E-state index contributed by atoms with van der Waals surface area (Å²) >= 11 is 0. The van der Waals surface area contributed by atoms with E-state index in [1.807, 2.05) is 68.6 Å². The summed E-state index contributed by atoms with van der Waals surface area (Å²) in [5.41, 5.74) is 3.56. The van der Waals surface area contributed by atoms with Gasteiger partial charge in [0.2, 0.25) is 0 Å². The molecule has 0 unspecified atom stereocenters. The van der Waals surface area contributed by atoms with Crippen molar-refractivity contribution >= 4 is 56.7 Å². The Hall–Kier alpha value is -4.41. The molecule has 0 saturated heterocycles. The first-order valence-corrected chi connectivity index (χ1v) is 20.8. The first-order chi connectivity index (χ1) is 26.7. The number of fused-ring (bicyclic) bond motifs is 6. The van der Waals surface area contributed by atoms with Crippen molar-refractivity contribution in [2.45, 2.75) is 66.5 Å². The maximum atomic E-state index is 8.91. The molecule has 8 rings (SSSR count). The topological polar surface area (TPSA) is 38.9 Å². The Morgan fingerprint density at radius 3 is 2.33 bits per heavy atom. The Morgan fingerprint density at radius 1 is 0.827 bits per heavy atom. The largest absolute Gasteiger partial charge is 0.501 e. The van der Waals surface area contributed by atoms with E-state index in [-0.39, 0.29) is 49.6 Å². The van der Waals surface area contributed by atoms with E-state index < -0.39 is 25.8 Å². The van der Waals surface area contributed by atoms with E-state index in [1.54, 1.807) is 26.8 Å². The van der Waals surface area contributed by atoms with Gasteiger partial charge in [-0.15, -0.1) is 54.1 Å². The van der Waals surface area contributed by atoms with Crippen molar-refractivity contribution in [1.82, 2.24) is 9.97 Å². The van der Waals surface area contributed by atoms with Crippen LogP contribution in [-0.2, 0) is 26.5 Å². The van der Waals surface area contributed by atoms with Crippen LogP contribution in [0.1, 0.15) is 59.9 Å². The fraction of sp³-hybridized carbons (Fsp3) is 0.234. The Bertz CT molecular complexity index is 2820. The molecule has 3 nitrogen and oxygen atoms in total. The molecule has 0 amide bonds. The van der Waals surface area contributed by atoms with Crippen LogP contribution < -0.4 is 5.19 Å². The van der Waals surface area contributed by atoms with E-state index >= 15 is 0 Å². The zero-order valence-electron chi connectivity index (χ0n) is 36.9. The van der Waals surface area contributed by atoms with Crippen LogP contribution in [-0.4, -0.2) is 18.0 Å². The van der Waals surface area contributed by atoms with Crippen LogP contribution in [0, 0.1) is 17.5 Å². The molecule has 0 bridgehead atoms. The van der Waals surface area contributed by atoms with Gasteiger partial charge in [0, 0.05) is 42.0 Å². The molecule has 0 aliphatic carbocycles. The Kier molecular flexibility index (Phi) is 8.63. The monoisotopic (exact) mass is 881 g/mol. The summed E-state index contributed by atoms with van der Waals surface area (Å²) in [4.78, 5) is 8.86. The van der Waals surface area contributed by atoms with Gasteiger partial charge in [-0.25, -0.2) is 0 Å². The Balaban J connectivity index is 0.000000230. The minimum absolute atomic E-state index is 0. The predicted molar refractivity (Wildman–Crippen MR) is 220 cm³/mol.